The minimum atomic E-state index is -0.531. The van der Waals surface area contributed by atoms with Crippen LogP contribution in [-0.2, 0) is 6.54 Å². The molecule has 0 aliphatic carbocycles. The Bertz CT molecular complexity index is 820. The number of nitro groups is 1. The average Bonchev–Trinajstić information content (AvgIpc) is 3.17. The van der Waals surface area contributed by atoms with Crippen molar-refractivity contribution >= 4 is 11.6 Å². The third-order valence-electron chi connectivity index (χ3n) is 3.42. The molecule has 23 heavy (non-hydrogen) atoms. The van der Waals surface area contributed by atoms with Crippen molar-refractivity contribution in [1.29, 1.82) is 0 Å². The second-order valence-corrected chi connectivity index (χ2v) is 5.23. The van der Waals surface area contributed by atoms with Gasteiger partial charge in [-0.05, 0) is 17.1 Å². The van der Waals surface area contributed by atoms with E-state index in [2.05, 4.69) is 10.1 Å². The number of nitrogens with zero attached hydrogens (tertiary/aromatic N) is 5. The highest BCUT2D eigenvalue weighted by Gasteiger charge is 2.16. The maximum absolute atomic E-state index is 10.9. The van der Waals surface area contributed by atoms with Gasteiger partial charge < -0.3 is 19.5 Å². The van der Waals surface area contributed by atoms with Gasteiger partial charge in [-0.15, -0.1) is 0 Å². The number of anilines is 1. The Morgan fingerprint density at radius 1 is 1.30 bits per heavy atom. The highest BCUT2D eigenvalue weighted by Crippen LogP contribution is 2.23. The molecule has 0 radical (unpaired) electrons. The van der Waals surface area contributed by atoms with Crippen molar-refractivity contribution in [3.05, 3.63) is 58.6 Å². The van der Waals surface area contributed by atoms with Crippen LogP contribution < -0.4 is 4.90 Å². The second kappa shape index (κ2) is 5.91. The van der Waals surface area contributed by atoms with E-state index in [1.165, 1.54) is 17.0 Å². The molecule has 0 fully saturated rings. The lowest BCUT2D eigenvalue weighted by atomic mass is 10.1. The van der Waals surface area contributed by atoms with Gasteiger partial charge in [-0.2, -0.15) is 0 Å². The van der Waals surface area contributed by atoms with Gasteiger partial charge in [0.25, 0.3) is 0 Å². The van der Waals surface area contributed by atoms with Crippen LogP contribution in [0, 0.1) is 10.1 Å². The molecule has 118 valence electrons. The zero-order valence-corrected chi connectivity index (χ0v) is 12.7. The summed E-state index contributed by atoms with van der Waals surface area (Å²) in [5.41, 5.74) is 2.70. The maximum atomic E-state index is 10.9. The molecule has 8 nitrogen and oxygen atoms in total. The van der Waals surface area contributed by atoms with Crippen molar-refractivity contribution in [1.82, 2.24) is 14.7 Å². The molecule has 0 amide bonds. The van der Waals surface area contributed by atoms with E-state index >= 15 is 0 Å². The summed E-state index contributed by atoms with van der Waals surface area (Å²) in [5, 5.41) is 14.9. The highest BCUT2D eigenvalue weighted by atomic mass is 16.6. The fourth-order valence-corrected chi connectivity index (χ4v) is 2.22. The Morgan fingerprint density at radius 3 is 2.70 bits per heavy atom. The number of imidazole rings is 1. The van der Waals surface area contributed by atoms with Crippen molar-refractivity contribution in [2.75, 3.05) is 19.0 Å². The van der Waals surface area contributed by atoms with Gasteiger partial charge in [0.15, 0.2) is 5.76 Å². The Balaban J connectivity index is 1.80. The van der Waals surface area contributed by atoms with Gasteiger partial charge in [-0.3, -0.25) is 0 Å². The van der Waals surface area contributed by atoms with E-state index in [1.807, 2.05) is 43.3 Å². The monoisotopic (exact) mass is 313 g/mol. The molecule has 0 bridgehead atoms. The molecule has 0 saturated carbocycles. The van der Waals surface area contributed by atoms with Crippen LogP contribution in [0.3, 0.4) is 0 Å². The van der Waals surface area contributed by atoms with Crippen molar-refractivity contribution in [3.8, 4) is 11.3 Å². The van der Waals surface area contributed by atoms with E-state index in [-0.39, 0.29) is 12.5 Å². The molecule has 0 spiro atoms. The molecule has 2 heterocycles. The summed E-state index contributed by atoms with van der Waals surface area (Å²) in [4.78, 5) is 16.0. The Hall–Kier alpha value is -3.16. The second-order valence-electron chi connectivity index (χ2n) is 5.23. The van der Waals surface area contributed by atoms with Gasteiger partial charge in [-0.25, -0.2) is 4.57 Å². The quantitative estimate of drug-likeness (QED) is 0.531. The normalized spacial score (nSPS) is 10.7. The van der Waals surface area contributed by atoms with Crippen molar-refractivity contribution in [2.24, 2.45) is 0 Å². The van der Waals surface area contributed by atoms with Gasteiger partial charge in [0.05, 0.1) is 0 Å². The number of hydrogen-bond donors (Lipinski definition) is 0. The van der Waals surface area contributed by atoms with E-state index < -0.39 is 4.92 Å². The maximum Gasteiger partial charge on any atom is 0.434 e. The lowest BCUT2D eigenvalue weighted by Crippen LogP contribution is -2.07. The van der Waals surface area contributed by atoms with Crippen LogP contribution in [0.25, 0.3) is 11.3 Å². The van der Waals surface area contributed by atoms with Gasteiger partial charge in [0, 0.05) is 31.4 Å². The van der Waals surface area contributed by atoms with E-state index in [0.29, 0.717) is 11.5 Å². The summed E-state index contributed by atoms with van der Waals surface area (Å²) in [6.45, 7) is 0.207. The first-order chi connectivity index (χ1) is 11.0. The van der Waals surface area contributed by atoms with Gasteiger partial charge >= 0.3 is 5.95 Å². The number of aromatic nitrogens is 3. The summed E-state index contributed by atoms with van der Waals surface area (Å²) in [6, 6.07) is 9.66. The summed E-state index contributed by atoms with van der Waals surface area (Å²) in [7, 11) is 3.95. The minimum Gasteiger partial charge on any atom is -0.390 e. The first-order valence-electron chi connectivity index (χ1n) is 6.93. The van der Waals surface area contributed by atoms with Gasteiger partial charge in [0.2, 0.25) is 0 Å². The van der Waals surface area contributed by atoms with Crippen LogP contribution in [0.2, 0.25) is 0 Å². The average molecular weight is 313 g/mol. The van der Waals surface area contributed by atoms with Crippen molar-refractivity contribution in [2.45, 2.75) is 6.54 Å². The molecule has 0 aliphatic rings. The molecule has 2 aromatic heterocycles. The topological polar surface area (TPSA) is 90.2 Å². The Morgan fingerprint density at radius 2 is 2.04 bits per heavy atom. The largest absolute Gasteiger partial charge is 0.434 e. The molecule has 0 aliphatic heterocycles. The lowest BCUT2D eigenvalue weighted by Gasteiger charge is -2.11. The number of hydrogen-bond acceptors (Lipinski definition) is 6. The van der Waals surface area contributed by atoms with E-state index in [1.54, 1.807) is 6.07 Å². The van der Waals surface area contributed by atoms with Crippen LogP contribution in [-0.4, -0.2) is 33.7 Å². The fraction of sp³-hybridized carbons (Fsp3) is 0.200. The Labute approximate surface area is 132 Å². The fourth-order valence-electron chi connectivity index (χ4n) is 2.22. The summed E-state index contributed by atoms with van der Waals surface area (Å²) >= 11 is 0. The van der Waals surface area contributed by atoms with Gasteiger partial charge in [0.1, 0.15) is 24.6 Å². The summed E-state index contributed by atoms with van der Waals surface area (Å²) in [6.07, 6.45) is 2.92. The predicted molar refractivity (Wildman–Crippen MR) is 84.2 cm³/mol. The van der Waals surface area contributed by atoms with Crippen molar-refractivity contribution in [3.63, 3.8) is 0 Å². The molecular weight excluding hydrogens is 298 g/mol. The minimum absolute atomic E-state index is 0.207. The zero-order chi connectivity index (χ0) is 16.4. The molecule has 0 unspecified atom stereocenters. The number of benzene rings is 1. The molecular formula is C15H15N5O3. The van der Waals surface area contributed by atoms with Crippen LogP contribution in [0.4, 0.5) is 11.6 Å². The van der Waals surface area contributed by atoms with E-state index in [0.717, 1.165) is 11.3 Å². The van der Waals surface area contributed by atoms with E-state index in [4.69, 9.17) is 4.52 Å². The number of rotatable bonds is 5. The summed E-state index contributed by atoms with van der Waals surface area (Å²) < 4.78 is 6.68. The Kier molecular flexibility index (Phi) is 3.80. The molecule has 3 rings (SSSR count). The molecule has 8 heteroatoms. The first kappa shape index (κ1) is 14.8. The van der Waals surface area contributed by atoms with Crippen LogP contribution in [0.5, 0.6) is 0 Å². The smallest absolute Gasteiger partial charge is 0.390 e. The van der Waals surface area contributed by atoms with E-state index in [9.17, 15) is 10.1 Å². The third kappa shape index (κ3) is 3.05. The molecule has 3 aromatic rings. The lowest BCUT2D eigenvalue weighted by molar-refractivity contribution is -0.396. The van der Waals surface area contributed by atoms with Crippen molar-refractivity contribution < 1.29 is 9.45 Å². The molecule has 0 atom stereocenters. The molecule has 0 saturated heterocycles. The first-order valence-corrected chi connectivity index (χ1v) is 6.93. The SMILES string of the molecule is CN(C)c1ccc(-c2cc(Cn3ccnc3[N+](=O)[O-])on2)cc1. The zero-order valence-electron chi connectivity index (χ0n) is 12.7. The molecule has 1 aromatic carbocycles. The van der Waals surface area contributed by atoms with Crippen LogP contribution in [0.1, 0.15) is 5.76 Å². The predicted octanol–water partition coefficient (Wildman–Crippen LogP) is 2.56. The standard InChI is InChI=1S/C15H15N5O3/c1-18(2)12-5-3-11(4-6-12)14-9-13(23-17-14)10-19-8-7-16-15(19)20(21)22/h3-9H,10H2,1-2H3. The van der Waals surface area contributed by atoms with Gasteiger partial charge in [-0.1, -0.05) is 22.3 Å². The summed E-state index contributed by atoms with van der Waals surface area (Å²) in [5.74, 6) is 0.302. The third-order valence-corrected chi connectivity index (χ3v) is 3.42. The molecule has 0 N–H and O–H groups in total. The van der Waals surface area contributed by atoms with Crippen LogP contribution >= 0.6 is 0 Å². The highest BCUT2D eigenvalue weighted by molar-refractivity contribution is 5.62. The van der Waals surface area contributed by atoms with Crippen LogP contribution in [0.15, 0.2) is 47.2 Å².